The third kappa shape index (κ3) is 2.55. The van der Waals surface area contributed by atoms with Crippen LogP contribution in [0.4, 0.5) is 5.69 Å². The summed E-state index contributed by atoms with van der Waals surface area (Å²) in [6.45, 7) is 0.448. The summed E-state index contributed by atoms with van der Waals surface area (Å²) in [6.07, 6.45) is 0. The maximum Gasteiger partial charge on any atom is 0.323 e. The normalized spacial score (nSPS) is 10.7. The Hall–Kier alpha value is -2.89. The molecule has 0 fully saturated rings. The van der Waals surface area contributed by atoms with E-state index in [0.717, 1.165) is 22.3 Å². The lowest BCUT2D eigenvalue weighted by atomic mass is 10.1. The maximum absolute atomic E-state index is 11.2. The zero-order chi connectivity index (χ0) is 14.8. The van der Waals surface area contributed by atoms with E-state index in [9.17, 15) is 9.90 Å². The molecule has 0 aliphatic rings. The fourth-order valence-corrected chi connectivity index (χ4v) is 2.21. The Morgan fingerprint density at radius 1 is 1.19 bits per heavy atom. The molecule has 0 radical (unpaired) electrons. The summed E-state index contributed by atoms with van der Waals surface area (Å²) in [5.41, 5.74) is 2.85. The van der Waals surface area contributed by atoms with Gasteiger partial charge < -0.3 is 25.1 Å². The molecule has 0 saturated carbocycles. The number of phenols is 1. The van der Waals surface area contributed by atoms with E-state index in [1.807, 2.05) is 30.3 Å². The van der Waals surface area contributed by atoms with Crippen molar-refractivity contribution >= 4 is 16.7 Å². The number of H-pyrrole nitrogens is 2. The molecule has 3 aromatic rings. The molecule has 3 rings (SSSR count). The fraction of sp³-hybridized carbons (Fsp3) is 0.133. The van der Waals surface area contributed by atoms with Crippen molar-refractivity contribution in [3.63, 3.8) is 0 Å². The molecule has 0 unspecified atom stereocenters. The summed E-state index contributed by atoms with van der Waals surface area (Å²) >= 11 is 0. The lowest BCUT2D eigenvalue weighted by Crippen LogP contribution is -2.00. The molecule has 6 nitrogen and oxygen atoms in total. The third-order valence-electron chi connectivity index (χ3n) is 3.30. The molecule has 6 heteroatoms. The highest BCUT2D eigenvalue weighted by Gasteiger charge is 2.07. The summed E-state index contributed by atoms with van der Waals surface area (Å²) in [7, 11) is 1.52. The quantitative estimate of drug-likeness (QED) is 0.591. The minimum atomic E-state index is -0.229. The van der Waals surface area contributed by atoms with E-state index >= 15 is 0 Å². The van der Waals surface area contributed by atoms with Crippen molar-refractivity contribution in [2.24, 2.45) is 0 Å². The highest BCUT2D eigenvalue weighted by atomic mass is 16.5. The van der Waals surface area contributed by atoms with Crippen LogP contribution >= 0.6 is 0 Å². The number of nitrogens with one attached hydrogen (secondary N) is 3. The Labute approximate surface area is 120 Å². The largest absolute Gasteiger partial charge is 0.504 e. The van der Waals surface area contributed by atoms with Gasteiger partial charge in [0.05, 0.1) is 18.1 Å². The van der Waals surface area contributed by atoms with E-state index in [0.29, 0.717) is 12.3 Å². The van der Waals surface area contributed by atoms with Crippen LogP contribution in [0.1, 0.15) is 5.56 Å². The summed E-state index contributed by atoms with van der Waals surface area (Å²) in [4.78, 5) is 16.6. The van der Waals surface area contributed by atoms with E-state index in [1.54, 1.807) is 6.07 Å². The number of rotatable bonds is 4. The van der Waals surface area contributed by atoms with Crippen molar-refractivity contribution in [3.8, 4) is 11.5 Å². The average Bonchev–Trinajstić information content (AvgIpc) is 2.85. The highest BCUT2D eigenvalue weighted by molar-refractivity contribution is 5.78. The van der Waals surface area contributed by atoms with Crippen LogP contribution in [0.2, 0.25) is 0 Å². The molecule has 1 aromatic heterocycles. The van der Waals surface area contributed by atoms with Crippen LogP contribution in [0.3, 0.4) is 0 Å². The number of phenolic OH excluding ortho intramolecular Hbond substituents is 1. The number of hydrogen-bond acceptors (Lipinski definition) is 4. The summed E-state index contributed by atoms with van der Waals surface area (Å²) in [5, 5.41) is 13.2. The molecule has 0 saturated heterocycles. The number of aromatic hydroxyl groups is 1. The van der Waals surface area contributed by atoms with E-state index in [1.165, 1.54) is 7.11 Å². The number of benzene rings is 2. The lowest BCUT2D eigenvalue weighted by molar-refractivity contribution is 0.371. The number of methoxy groups -OCH3 is 1. The summed E-state index contributed by atoms with van der Waals surface area (Å²) in [5.74, 6) is 0.573. The van der Waals surface area contributed by atoms with Crippen molar-refractivity contribution in [2.45, 2.75) is 6.54 Å². The van der Waals surface area contributed by atoms with Crippen LogP contribution < -0.4 is 15.7 Å². The van der Waals surface area contributed by atoms with Gasteiger partial charge in [0.15, 0.2) is 11.5 Å². The molecule has 0 aliphatic carbocycles. The van der Waals surface area contributed by atoms with Gasteiger partial charge >= 0.3 is 5.69 Å². The molecular weight excluding hydrogens is 270 g/mol. The van der Waals surface area contributed by atoms with Crippen LogP contribution in [0, 0.1) is 0 Å². The van der Waals surface area contributed by atoms with Gasteiger partial charge in [-0.2, -0.15) is 0 Å². The Balaban J connectivity index is 1.81. The molecule has 21 heavy (non-hydrogen) atoms. The zero-order valence-electron chi connectivity index (χ0n) is 11.4. The van der Waals surface area contributed by atoms with E-state index in [2.05, 4.69) is 15.3 Å². The molecule has 108 valence electrons. The second-order valence-corrected chi connectivity index (χ2v) is 4.66. The number of imidazole rings is 1. The predicted molar refractivity (Wildman–Crippen MR) is 80.9 cm³/mol. The van der Waals surface area contributed by atoms with Crippen LogP contribution in [0.5, 0.6) is 11.5 Å². The number of hydrogen-bond donors (Lipinski definition) is 4. The first-order chi connectivity index (χ1) is 10.2. The van der Waals surface area contributed by atoms with E-state index < -0.39 is 0 Å². The van der Waals surface area contributed by atoms with Gasteiger partial charge in [-0.3, -0.25) is 0 Å². The van der Waals surface area contributed by atoms with Crippen LogP contribution in [0.25, 0.3) is 11.0 Å². The second-order valence-electron chi connectivity index (χ2n) is 4.66. The second kappa shape index (κ2) is 5.24. The average molecular weight is 285 g/mol. The smallest absolute Gasteiger partial charge is 0.323 e. The highest BCUT2D eigenvalue weighted by Crippen LogP contribution is 2.29. The first-order valence-electron chi connectivity index (χ1n) is 6.48. The van der Waals surface area contributed by atoms with Crippen LogP contribution in [-0.4, -0.2) is 22.2 Å². The zero-order valence-corrected chi connectivity index (χ0v) is 11.4. The molecular formula is C15H15N3O3. The van der Waals surface area contributed by atoms with Gasteiger partial charge in [0.2, 0.25) is 0 Å². The minimum absolute atomic E-state index is 0.128. The number of aromatic nitrogens is 2. The molecule has 4 N–H and O–H groups in total. The molecule has 0 atom stereocenters. The van der Waals surface area contributed by atoms with Gasteiger partial charge in [-0.05, 0) is 24.3 Å². The van der Waals surface area contributed by atoms with Gasteiger partial charge in [0.1, 0.15) is 0 Å². The van der Waals surface area contributed by atoms with Crippen molar-refractivity contribution < 1.29 is 9.84 Å². The number of para-hydroxylation sites is 1. The number of anilines is 1. The topological polar surface area (TPSA) is 90.1 Å². The monoisotopic (exact) mass is 285 g/mol. The van der Waals surface area contributed by atoms with Gasteiger partial charge in [-0.15, -0.1) is 0 Å². The SMILES string of the molecule is COc1cccc(CNc2ccc3[nH]c(=O)[nH]c3c2)c1O. The van der Waals surface area contributed by atoms with E-state index in [-0.39, 0.29) is 11.4 Å². The first kappa shape index (κ1) is 13.1. The third-order valence-corrected chi connectivity index (χ3v) is 3.30. The Morgan fingerprint density at radius 3 is 2.81 bits per heavy atom. The Morgan fingerprint density at radius 2 is 2.00 bits per heavy atom. The van der Waals surface area contributed by atoms with Crippen molar-refractivity contribution in [3.05, 3.63) is 52.4 Å². The van der Waals surface area contributed by atoms with E-state index in [4.69, 9.17) is 4.74 Å². The van der Waals surface area contributed by atoms with Gasteiger partial charge in [0, 0.05) is 17.8 Å². The molecule has 0 amide bonds. The lowest BCUT2D eigenvalue weighted by Gasteiger charge is -2.10. The number of ether oxygens (including phenoxy) is 1. The van der Waals surface area contributed by atoms with Crippen molar-refractivity contribution in [2.75, 3.05) is 12.4 Å². The fourth-order valence-electron chi connectivity index (χ4n) is 2.21. The van der Waals surface area contributed by atoms with Crippen LogP contribution in [-0.2, 0) is 6.54 Å². The Kier molecular flexibility index (Phi) is 3.27. The molecule has 0 bridgehead atoms. The summed E-state index contributed by atoms with van der Waals surface area (Å²) in [6, 6.07) is 10.9. The standard InChI is InChI=1S/C15H15N3O3/c1-21-13-4-2-3-9(14(13)19)8-16-10-5-6-11-12(7-10)18-15(20)17-11/h2-7,16,19H,8H2,1H3,(H2,17,18,20). The minimum Gasteiger partial charge on any atom is -0.504 e. The van der Waals surface area contributed by atoms with Gasteiger partial charge in [-0.25, -0.2) is 4.79 Å². The first-order valence-corrected chi connectivity index (χ1v) is 6.48. The summed E-state index contributed by atoms with van der Waals surface area (Å²) < 4.78 is 5.08. The van der Waals surface area contributed by atoms with Crippen molar-refractivity contribution in [1.29, 1.82) is 0 Å². The molecule has 2 aromatic carbocycles. The maximum atomic E-state index is 11.2. The Bertz CT molecular complexity index is 836. The molecule has 1 heterocycles. The van der Waals surface area contributed by atoms with Gasteiger partial charge in [0.25, 0.3) is 0 Å². The van der Waals surface area contributed by atoms with Crippen molar-refractivity contribution in [1.82, 2.24) is 9.97 Å². The predicted octanol–water partition coefficient (Wildman–Crippen LogP) is 2.18. The van der Waals surface area contributed by atoms with Crippen LogP contribution in [0.15, 0.2) is 41.2 Å². The number of fused-ring (bicyclic) bond motifs is 1. The molecule has 0 spiro atoms. The molecule has 0 aliphatic heterocycles. The number of aromatic amines is 2. The van der Waals surface area contributed by atoms with Gasteiger partial charge in [-0.1, -0.05) is 12.1 Å².